The molecule has 0 bridgehead atoms. The van der Waals surface area contributed by atoms with Crippen molar-refractivity contribution in [2.45, 2.75) is 37.3 Å². The summed E-state index contributed by atoms with van der Waals surface area (Å²) in [5.41, 5.74) is 1.09. The molecular weight excluding hydrogens is 417 g/mol. The van der Waals surface area contributed by atoms with Crippen LogP contribution in [0.15, 0.2) is 24.3 Å². The molecule has 0 saturated carbocycles. The van der Waals surface area contributed by atoms with E-state index in [4.69, 9.17) is 14.6 Å². The number of rotatable bonds is 7. The van der Waals surface area contributed by atoms with E-state index < -0.39 is 37.3 Å². The third-order valence-electron chi connectivity index (χ3n) is 3.62. The van der Waals surface area contributed by atoms with E-state index in [1.54, 1.807) is 12.1 Å². The summed E-state index contributed by atoms with van der Waals surface area (Å²) >= 11 is 2.30. The standard InChI is InChI=1S/C15H22INO6/c16-5-6-17-7-9-1-3-10(4-2-9)22-15-14(21)13(20)12(19)11(8-18)23-15/h1-4,11-15,17-21H,5-8H2. The van der Waals surface area contributed by atoms with Gasteiger partial charge >= 0.3 is 0 Å². The van der Waals surface area contributed by atoms with E-state index in [0.29, 0.717) is 5.75 Å². The molecule has 130 valence electrons. The monoisotopic (exact) mass is 439 g/mol. The molecular formula is C15H22INO6. The van der Waals surface area contributed by atoms with Gasteiger partial charge in [0, 0.05) is 17.5 Å². The fourth-order valence-corrected chi connectivity index (χ4v) is 2.67. The largest absolute Gasteiger partial charge is 0.462 e. The Labute approximate surface area is 148 Å². The average Bonchev–Trinajstić information content (AvgIpc) is 2.57. The average molecular weight is 439 g/mol. The van der Waals surface area contributed by atoms with Crippen LogP contribution in [0.5, 0.6) is 5.75 Å². The van der Waals surface area contributed by atoms with E-state index in [-0.39, 0.29) is 0 Å². The normalized spacial score (nSPS) is 31.1. The molecule has 23 heavy (non-hydrogen) atoms. The fourth-order valence-electron chi connectivity index (χ4n) is 2.28. The zero-order chi connectivity index (χ0) is 16.8. The summed E-state index contributed by atoms with van der Waals surface area (Å²) in [6, 6.07) is 7.25. The predicted molar refractivity (Wildman–Crippen MR) is 91.4 cm³/mol. The predicted octanol–water partition coefficient (Wildman–Crippen LogP) is -0.610. The highest BCUT2D eigenvalue weighted by Crippen LogP contribution is 2.24. The molecule has 7 nitrogen and oxygen atoms in total. The van der Waals surface area contributed by atoms with Crippen molar-refractivity contribution in [2.75, 3.05) is 17.6 Å². The molecule has 1 aliphatic heterocycles. The van der Waals surface area contributed by atoms with Crippen molar-refractivity contribution in [1.29, 1.82) is 0 Å². The number of benzene rings is 1. The molecule has 0 spiro atoms. The number of alkyl halides is 1. The van der Waals surface area contributed by atoms with Crippen LogP contribution in [-0.4, -0.2) is 68.7 Å². The first-order valence-corrected chi connectivity index (χ1v) is 8.92. The molecule has 1 saturated heterocycles. The molecule has 5 atom stereocenters. The van der Waals surface area contributed by atoms with E-state index in [1.165, 1.54) is 0 Å². The molecule has 1 aliphatic rings. The van der Waals surface area contributed by atoms with Crippen LogP contribution in [0, 0.1) is 0 Å². The highest BCUT2D eigenvalue weighted by Gasteiger charge is 2.44. The Hall–Kier alpha value is -0.490. The van der Waals surface area contributed by atoms with Gasteiger partial charge in [-0.3, -0.25) is 0 Å². The van der Waals surface area contributed by atoms with Gasteiger partial charge in [-0.2, -0.15) is 0 Å². The van der Waals surface area contributed by atoms with Crippen LogP contribution in [0.25, 0.3) is 0 Å². The Morgan fingerprint density at radius 2 is 1.78 bits per heavy atom. The molecule has 5 unspecified atom stereocenters. The summed E-state index contributed by atoms with van der Waals surface area (Å²) in [6.07, 6.45) is -6.37. The third kappa shape index (κ3) is 4.99. The molecule has 1 fully saturated rings. The van der Waals surface area contributed by atoms with E-state index >= 15 is 0 Å². The molecule has 5 N–H and O–H groups in total. The quantitative estimate of drug-likeness (QED) is 0.219. The number of hydrogen-bond donors (Lipinski definition) is 5. The second kappa shape index (κ2) is 9.11. The Morgan fingerprint density at radius 3 is 2.39 bits per heavy atom. The maximum absolute atomic E-state index is 9.93. The van der Waals surface area contributed by atoms with Crippen LogP contribution in [0.3, 0.4) is 0 Å². The van der Waals surface area contributed by atoms with Gasteiger partial charge in [-0.25, -0.2) is 0 Å². The molecule has 0 amide bonds. The van der Waals surface area contributed by atoms with Crippen LogP contribution >= 0.6 is 22.6 Å². The maximum atomic E-state index is 9.93. The second-order valence-corrected chi connectivity index (χ2v) is 6.40. The van der Waals surface area contributed by atoms with Gasteiger partial charge in [0.15, 0.2) is 0 Å². The molecule has 8 heteroatoms. The van der Waals surface area contributed by atoms with Crippen molar-refractivity contribution in [2.24, 2.45) is 0 Å². The van der Waals surface area contributed by atoms with Crippen LogP contribution in [0.2, 0.25) is 0 Å². The van der Waals surface area contributed by atoms with E-state index in [2.05, 4.69) is 27.9 Å². The van der Waals surface area contributed by atoms with E-state index in [9.17, 15) is 15.3 Å². The van der Waals surface area contributed by atoms with Crippen LogP contribution < -0.4 is 10.1 Å². The summed E-state index contributed by atoms with van der Waals surface area (Å²) in [7, 11) is 0. The summed E-state index contributed by atoms with van der Waals surface area (Å²) in [5.74, 6) is 0.465. The number of hydrogen-bond acceptors (Lipinski definition) is 7. The lowest BCUT2D eigenvalue weighted by molar-refractivity contribution is -0.277. The van der Waals surface area contributed by atoms with Crippen molar-refractivity contribution in [3.63, 3.8) is 0 Å². The molecule has 0 aliphatic carbocycles. The van der Waals surface area contributed by atoms with Gasteiger partial charge in [-0.15, -0.1) is 0 Å². The molecule has 2 rings (SSSR count). The van der Waals surface area contributed by atoms with Gasteiger partial charge in [0.25, 0.3) is 0 Å². The SMILES string of the molecule is OCC1OC(Oc2ccc(CNCCI)cc2)C(O)C(O)C1O. The van der Waals surface area contributed by atoms with Crippen molar-refractivity contribution in [1.82, 2.24) is 5.32 Å². The lowest BCUT2D eigenvalue weighted by Crippen LogP contribution is -2.60. The van der Waals surface area contributed by atoms with Crippen LogP contribution in [0.4, 0.5) is 0 Å². The first kappa shape index (κ1) is 18.8. The first-order chi connectivity index (χ1) is 11.1. The lowest BCUT2D eigenvalue weighted by atomic mass is 9.99. The Kier molecular flexibility index (Phi) is 7.47. The fraction of sp³-hybridized carbons (Fsp3) is 0.600. The summed E-state index contributed by atoms with van der Waals surface area (Å²) < 4.78 is 11.9. The highest BCUT2D eigenvalue weighted by atomic mass is 127. The number of halogens is 1. The first-order valence-electron chi connectivity index (χ1n) is 7.39. The lowest BCUT2D eigenvalue weighted by Gasteiger charge is -2.39. The number of aliphatic hydroxyl groups excluding tert-OH is 4. The zero-order valence-electron chi connectivity index (χ0n) is 12.5. The van der Waals surface area contributed by atoms with Gasteiger partial charge in [0.2, 0.25) is 6.29 Å². The summed E-state index contributed by atoms with van der Waals surface area (Å²) in [5, 5.41) is 41.8. The summed E-state index contributed by atoms with van der Waals surface area (Å²) in [4.78, 5) is 0. The zero-order valence-corrected chi connectivity index (χ0v) is 14.7. The number of nitrogens with one attached hydrogen (secondary N) is 1. The minimum absolute atomic E-state index is 0.465. The smallest absolute Gasteiger partial charge is 0.229 e. The maximum Gasteiger partial charge on any atom is 0.229 e. The Balaban J connectivity index is 1.95. The van der Waals surface area contributed by atoms with Gasteiger partial charge in [0.1, 0.15) is 30.2 Å². The molecule has 1 aromatic carbocycles. The molecule has 1 heterocycles. The van der Waals surface area contributed by atoms with Crippen molar-refractivity contribution >= 4 is 22.6 Å². The van der Waals surface area contributed by atoms with Crippen LogP contribution in [0.1, 0.15) is 5.56 Å². The van der Waals surface area contributed by atoms with Gasteiger partial charge in [0.05, 0.1) is 6.61 Å². The molecule has 1 aromatic rings. The van der Waals surface area contributed by atoms with Gasteiger partial charge in [-0.05, 0) is 17.7 Å². The topological polar surface area (TPSA) is 111 Å². The van der Waals surface area contributed by atoms with Crippen LogP contribution in [-0.2, 0) is 11.3 Å². The number of ether oxygens (including phenoxy) is 2. The minimum Gasteiger partial charge on any atom is -0.462 e. The van der Waals surface area contributed by atoms with Crippen molar-refractivity contribution in [3.05, 3.63) is 29.8 Å². The van der Waals surface area contributed by atoms with Crippen molar-refractivity contribution < 1.29 is 29.9 Å². The Morgan fingerprint density at radius 1 is 1.09 bits per heavy atom. The molecule has 0 aromatic heterocycles. The highest BCUT2D eigenvalue weighted by molar-refractivity contribution is 14.1. The van der Waals surface area contributed by atoms with Crippen molar-refractivity contribution in [3.8, 4) is 5.75 Å². The van der Waals surface area contributed by atoms with Gasteiger partial charge in [-0.1, -0.05) is 34.7 Å². The number of aliphatic hydroxyl groups is 4. The summed E-state index contributed by atoms with van der Waals surface area (Å²) in [6.45, 7) is 1.21. The third-order valence-corrected chi connectivity index (χ3v) is 4.16. The Bertz CT molecular complexity index is 472. The molecule has 0 radical (unpaired) electrons. The second-order valence-electron chi connectivity index (χ2n) is 5.32. The van der Waals surface area contributed by atoms with Gasteiger partial charge < -0.3 is 35.2 Å². The van der Waals surface area contributed by atoms with E-state index in [1.807, 2.05) is 12.1 Å². The minimum atomic E-state index is -1.44. The van der Waals surface area contributed by atoms with E-state index in [0.717, 1.165) is 23.1 Å².